The number of thiophene rings is 1. The van der Waals surface area contributed by atoms with E-state index in [1.54, 1.807) is 11.4 Å². The Labute approximate surface area is 218 Å². The monoisotopic (exact) mass is 533 g/mol. The number of amides is 3. The number of benzene rings is 1. The fraction of sp³-hybridized carbons (Fsp3) is 0.440. The first kappa shape index (κ1) is 28.1. The van der Waals surface area contributed by atoms with Crippen LogP contribution in [0.1, 0.15) is 29.7 Å². The van der Waals surface area contributed by atoms with E-state index in [1.807, 2.05) is 30.3 Å². The van der Waals surface area contributed by atoms with Crippen LogP contribution in [0.3, 0.4) is 0 Å². The van der Waals surface area contributed by atoms with E-state index in [-0.39, 0.29) is 50.8 Å². The standard InChI is InChI=1S/C25H32FN5O5S/c1-35-16-25(26)11-20(24(34)30-12-19-10-17(14-37-19)23(27)28)31(15-25)22(33)13-29-21(32)8-5-9-36-18-6-3-2-4-7-18/h2-4,6-7,10,14,20H,5,8-9,11-13,15-16H2,1H3,(H3,27,28)(H,29,32)(H,30,34)/t20-,25+/m0/s1. The lowest BCUT2D eigenvalue weighted by Crippen LogP contribution is -2.49. The predicted molar refractivity (Wildman–Crippen MR) is 137 cm³/mol. The van der Waals surface area contributed by atoms with Crippen molar-refractivity contribution in [1.82, 2.24) is 15.5 Å². The number of rotatable bonds is 13. The third-order valence-corrected chi connectivity index (χ3v) is 6.75. The van der Waals surface area contributed by atoms with Gasteiger partial charge in [0.05, 0.1) is 32.8 Å². The molecule has 0 radical (unpaired) electrons. The van der Waals surface area contributed by atoms with E-state index >= 15 is 4.39 Å². The lowest BCUT2D eigenvalue weighted by molar-refractivity contribution is -0.138. The van der Waals surface area contributed by atoms with Gasteiger partial charge in [-0.2, -0.15) is 0 Å². The molecule has 0 spiro atoms. The Morgan fingerprint density at radius 2 is 2.03 bits per heavy atom. The smallest absolute Gasteiger partial charge is 0.243 e. The van der Waals surface area contributed by atoms with Gasteiger partial charge in [0.2, 0.25) is 17.7 Å². The molecule has 0 aliphatic carbocycles. The van der Waals surface area contributed by atoms with Crippen LogP contribution in [0, 0.1) is 5.41 Å². The van der Waals surface area contributed by atoms with Gasteiger partial charge < -0.3 is 30.7 Å². The van der Waals surface area contributed by atoms with Crippen LogP contribution >= 0.6 is 11.3 Å². The summed E-state index contributed by atoms with van der Waals surface area (Å²) in [6.45, 7) is -0.425. The largest absolute Gasteiger partial charge is 0.494 e. The zero-order chi connectivity index (χ0) is 26.8. The maximum absolute atomic E-state index is 15.3. The highest BCUT2D eigenvalue weighted by atomic mass is 32.1. The van der Waals surface area contributed by atoms with Crippen molar-refractivity contribution in [2.24, 2.45) is 5.73 Å². The van der Waals surface area contributed by atoms with E-state index in [9.17, 15) is 14.4 Å². The first-order chi connectivity index (χ1) is 17.7. The molecule has 1 aromatic heterocycles. The van der Waals surface area contributed by atoms with Crippen LogP contribution < -0.4 is 21.1 Å². The Hall–Kier alpha value is -3.51. The molecule has 0 saturated carbocycles. The summed E-state index contributed by atoms with van der Waals surface area (Å²) >= 11 is 1.33. The van der Waals surface area contributed by atoms with Gasteiger partial charge in [0.25, 0.3) is 0 Å². The quantitative estimate of drug-likeness (QED) is 0.175. The maximum atomic E-state index is 15.3. The number of nitrogens with one attached hydrogen (secondary N) is 3. The molecule has 2 heterocycles. The summed E-state index contributed by atoms with van der Waals surface area (Å²) in [7, 11) is 1.35. The van der Waals surface area contributed by atoms with Gasteiger partial charge in [-0.1, -0.05) is 18.2 Å². The first-order valence-corrected chi connectivity index (χ1v) is 12.7. The average Bonchev–Trinajstić information content (AvgIpc) is 3.50. The molecule has 200 valence electrons. The minimum Gasteiger partial charge on any atom is -0.494 e. The maximum Gasteiger partial charge on any atom is 0.243 e. The van der Waals surface area contributed by atoms with Crippen molar-refractivity contribution in [2.75, 3.05) is 33.4 Å². The zero-order valence-electron chi connectivity index (χ0n) is 20.6. The number of carbonyl (C=O) groups is 3. The molecule has 5 N–H and O–H groups in total. The third kappa shape index (κ3) is 8.25. The van der Waals surface area contributed by atoms with E-state index < -0.39 is 23.5 Å². The molecule has 2 atom stereocenters. The minimum absolute atomic E-state index is 0.0751. The molecule has 1 aliphatic rings. The third-order valence-electron chi connectivity index (χ3n) is 5.81. The molecular formula is C25H32FN5O5S. The summed E-state index contributed by atoms with van der Waals surface area (Å²) in [6.07, 6.45) is 0.398. The van der Waals surface area contributed by atoms with E-state index in [0.29, 0.717) is 24.3 Å². The Bertz CT molecular complexity index is 1100. The molecule has 10 nitrogen and oxygen atoms in total. The fourth-order valence-electron chi connectivity index (χ4n) is 4.01. The van der Waals surface area contributed by atoms with Crippen LogP contribution in [-0.2, 0) is 25.7 Å². The van der Waals surface area contributed by atoms with E-state index in [1.165, 1.54) is 18.4 Å². The molecular weight excluding hydrogens is 501 g/mol. The Balaban J connectivity index is 1.50. The number of methoxy groups -OCH3 is 1. The van der Waals surface area contributed by atoms with Crippen molar-refractivity contribution in [3.63, 3.8) is 0 Å². The van der Waals surface area contributed by atoms with E-state index in [0.717, 1.165) is 9.78 Å². The number of amidine groups is 1. The second-order valence-corrected chi connectivity index (χ2v) is 9.80. The highest BCUT2D eigenvalue weighted by Crippen LogP contribution is 2.31. The number of halogens is 1. The van der Waals surface area contributed by atoms with Gasteiger partial charge in [0, 0.05) is 35.8 Å². The number of likely N-dealkylation sites (tertiary alicyclic amines) is 1. The fourth-order valence-corrected chi connectivity index (χ4v) is 4.83. The molecule has 3 rings (SSSR count). The molecule has 0 unspecified atom stereocenters. The molecule has 1 fully saturated rings. The summed E-state index contributed by atoms with van der Waals surface area (Å²) in [5, 5.41) is 14.5. The molecule has 2 aromatic rings. The van der Waals surface area contributed by atoms with Gasteiger partial charge in [-0.25, -0.2) is 4.39 Å². The number of hydrogen-bond acceptors (Lipinski definition) is 7. The summed E-state index contributed by atoms with van der Waals surface area (Å²) < 4.78 is 25.8. The number of hydrogen-bond donors (Lipinski definition) is 4. The van der Waals surface area contributed by atoms with Crippen molar-refractivity contribution in [3.8, 4) is 5.75 Å². The van der Waals surface area contributed by atoms with Crippen molar-refractivity contribution in [1.29, 1.82) is 5.41 Å². The zero-order valence-corrected chi connectivity index (χ0v) is 21.4. The topological polar surface area (TPSA) is 147 Å². The summed E-state index contributed by atoms with van der Waals surface area (Å²) in [5.41, 5.74) is 4.14. The van der Waals surface area contributed by atoms with Gasteiger partial charge >= 0.3 is 0 Å². The van der Waals surface area contributed by atoms with Crippen molar-refractivity contribution < 1.29 is 28.2 Å². The molecule has 1 aromatic carbocycles. The van der Waals surface area contributed by atoms with Gasteiger partial charge in [0.1, 0.15) is 17.6 Å². The Morgan fingerprint density at radius 3 is 2.70 bits per heavy atom. The highest BCUT2D eigenvalue weighted by Gasteiger charge is 2.49. The number of carbonyl (C=O) groups excluding carboxylic acids is 3. The summed E-state index contributed by atoms with van der Waals surface area (Å²) in [4.78, 5) is 39.9. The van der Waals surface area contributed by atoms with Crippen LogP contribution in [0.25, 0.3) is 0 Å². The number of para-hydroxylation sites is 1. The molecule has 1 saturated heterocycles. The molecule has 0 bridgehead atoms. The van der Waals surface area contributed by atoms with Crippen LogP contribution in [0.15, 0.2) is 41.8 Å². The predicted octanol–water partition coefficient (Wildman–Crippen LogP) is 1.58. The number of alkyl halides is 1. The normalized spacial score (nSPS) is 18.9. The van der Waals surface area contributed by atoms with E-state index in [2.05, 4.69) is 10.6 Å². The van der Waals surface area contributed by atoms with Crippen LogP contribution in [0.4, 0.5) is 4.39 Å². The SMILES string of the molecule is COC[C@@]1(F)C[C@@H](C(=O)NCc2cc(C(=N)N)cs2)N(C(=O)CNC(=O)CCCOc2ccccc2)C1. The summed E-state index contributed by atoms with van der Waals surface area (Å²) in [5.74, 6) is -0.770. The Morgan fingerprint density at radius 1 is 1.27 bits per heavy atom. The Kier molecular flexibility index (Phi) is 9.98. The van der Waals surface area contributed by atoms with Crippen LogP contribution in [0.2, 0.25) is 0 Å². The molecule has 12 heteroatoms. The second-order valence-electron chi connectivity index (χ2n) is 8.80. The van der Waals surface area contributed by atoms with E-state index in [4.69, 9.17) is 20.6 Å². The lowest BCUT2D eigenvalue weighted by Gasteiger charge is -2.24. The molecule has 3 amide bonds. The minimum atomic E-state index is -1.88. The van der Waals surface area contributed by atoms with Crippen LogP contribution in [0.5, 0.6) is 5.75 Å². The summed E-state index contributed by atoms with van der Waals surface area (Å²) in [6, 6.07) is 9.87. The van der Waals surface area contributed by atoms with Gasteiger partial charge in [-0.15, -0.1) is 11.3 Å². The number of nitrogens with zero attached hydrogens (tertiary/aromatic N) is 1. The second kappa shape index (κ2) is 13.2. The first-order valence-electron chi connectivity index (χ1n) is 11.8. The highest BCUT2D eigenvalue weighted by molar-refractivity contribution is 7.10. The van der Waals surface area contributed by atoms with Crippen molar-refractivity contribution >= 4 is 34.9 Å². The number of nitrogens with two attached hydrogens (primary N) is 1. The van der Waals surface area contributed by atoms with Gasteiger partial charge in [-0.3, -0.25) is 19.8 Å². The molecule has 37 heavy (non-hydrogen) atoms. The average molecular weight is 534 g/mol. The molecule has 1 aliphatic heterocycles. The van der Waals surface area contributed by atoms with Crippen molar-refractivity contribution in [3.05, 3.63) is 52.2 Å². The number of nitrogen functional groups attached to an aromatic ring is 1. The van der Waals surface area contributed by atoms with Gasteiger partial charge in [0.15, 0.2) is 5.67 Å². The van der Waals surface area contributed by atoms with Gasteiger partial charge in [-0.05, 0) is 24.6 Å². The lowest BCUT2D eigenvalue weighted by atomic mass is 10.0. The van der Waals surface area contributed by atoms with Crippen LogP contribution in [-0.4, -0.2) is 73.6 Å². The van der Waals surface area contributed by atoms with Crippen molar-refractivity contribution in [2.45, 2.75) is 37.5 Å². The number of ether oxygens (including phenoxy) is 2.